The fraction of sp³-hybridized carbons (Fsp3) is 0.125. The Morgan fingerprint density at radius 1 is 0.650 bits per heavy atom. The van der Waals surface area contributed by atoms with E-state index in [-0.39, 0.29) is 10.2 Å². The van der Waals surface area contributed by atoms with Gasteiger partial charge in [0.25, 0.3) is 10.2 Å². The van der Waals surface area contributed by atoms with Crippen LogP contribution in [-0.4, -0.2) is 10.2 Å². The van der Waals surface area contributed by atoms with E-state index in [0.29, 0.717) is 11.5 Å². The summed E-state index contributed by atoms with van der Waals surface area (Å²) in [4.78, 5) is 23.5. The topological polar surface area (TPSA) is 34.1 Å². The Bertz CT molecular complexity index is 514. The van der Waals surface area contributed by atoms with E-state index >= 15 is 0 Å². The number of carbonyl (C=O) groups is 2. The number of hydrogen-bond donors (Lipinski definition) is 0. The minimum absolute atomic E-state index is 0.380. The Morgan fingerprint density at radius 3 is 1.35 bits per heavy atom. The van der Waals surface area contributed by atoms with Gasteiger partial charge in [0.15, 0.2) is 0 Å². The minimum atomic E-state index is -0.380. The lowest BCUT2D eigenvalue weighted by molar-refractivity contribution is -0.126. The van der Waals surface area contributed by atoms with Crippen LogP contribution in [0.25, 0.3) is 0 Å². The summed E-state index contributed by atoms with van der Waals surface area (Å²) in [7, 11) is 0. The fourth-order valence-corrected chi connectivity index (χ4v) is 3.13. The molecule has 102 valence electrons. The lowest BCUT2D eigenvalue weighted by Crippen LogP contribution is -2.05. The maximum atomic E-state index is 11.7. The summed E-state index contributed by atoms with van der Waals surface area (Å²) >= 11 is 2.13. The highest BCUT2D eigenvalue weighted by atomic mass is 32.2. The zero-order valence-electron chi connectivity index (χ0n) is 10.8. The average molecular weight is 302 g/mol. The second-order valence-corrected chi connectivity index (χ2v) is 6.02. The molecule has 0 heterocycles. The van der Waals surface area contributed by atoms with Crippen LogP contribution in [0.1, 0.15) is 11.1 Å². The fourth-order valence-electron chi connectivity index (χ4n) is 1.56. The predicted octanol–water partition coefficient (Wildman–Crippen LogP) is 3.91. The zero-order valence-corrected chi connectivity index (χ0v) is 12.5. The largest absolute Gasteiger partial charge is 0.277 e. The molecule has 2 nitrogen and oxygen atoms in total. The molecule has 0 atom stereocenters. The Hall–Kier alpha value is -1.52. The molecule has 0 aliphatic carbocycles. The molecule has 0 radical (unpaired) electrons. The van der Waals surface area contributed by atoms with Crippen LogP contribution in [0, 0.1) is 0 Å². The first-order valence-electron chi connectivity index (χ1n) is 6.17. The van der Waals surface area contributed by atoms with E-state index in [1.165, 1.54) is 0 Å². The molecule has 2 aromatic rings. The molecule has 0 amide bonds. The molecule has 0 spiro atoms. The number of hydrogen-bond acceptors (Lipinski definition) is 4. The Balaban J connectivity index is 1.76. The summed E-state index contributed by atoms with van der Waals surface area (Å²) in [6.45, 7) is 0. The Kier molecular flexibility index (Phi) is 5.89. The van der Waals surface area contributed by atoms with Gasteiger partial charge in [-0.25, -0.2) is 0 Å². The van der Waals surface area contributed by atoms with Crippen molar-refractivity contribution in [1.82, 2.24) is 0 Å². The van der Waals surface area contributed by atoms with Crippen LogP contribution in [0.5, 0.6) is 0 Å². The summed E-state index contributed by atoms with van der Waals surface area (Å²) in [6.07, 6.45) is 0. The number of thioether (sulfide) groups is 2. The molecule has 4 heteroatoms. The summed E-state index contributed by atoms with van der Waals surface area (Å²) < 4.78 is 0. The van der Waals surface area contributed by atoms with Gasteiger partial charge in [-0.2, -0.15) is 0 Å². The van der Waals surface area contributed by atoms with E-state index in [2.05, 4.69) is 0 Å². The summed E-state index contributed by atoms with van der Waals surface area (Å²) in [5, 5.41) is -0.760. The molecule has 0 saturated heterocycles. The normalized spacial score (nSPS) is 10.2. The second-order valence-electron chi connectivity index (χ2n) is 4.12. The van der Waals surface area contributed by atoms with E-state index in [4.69, 9.17) is 0 Å². The molecule has 0 bridgehead atoms. The highest BCUT2D eigenvalue weighted by molar-refractivity contribution is 8.24. The van der Waals surface area contributed by atoms with Crippen molar-refractivity contribution >= 4 is 33.8 Å². The molecular weight excluding hydrogens is 288 g/mol. The standard InChI is InChI=1S/C16H14O2S2/c17-15(19-11-13-7-3-1-4-8-13)16(18)20-12-14-9-5-2-6-10-14/h1-10H,11-12H2. The smallest absolute Gasteiger partial charge is 0.266 e. The minimum Gasteiger partial charge on any atom is -0.277 e. The van der Waals surface area contributed by atoms with E-state index in [1.54, 1.807) is 0 Å². The molecule has 20 heavy (non-hydrogen) atoms. The van der Waals surface area contributed by atoms with E-state index in [9.17, 15) is 9.59 Å². The van der Waals surface area contributed by atoms with E-state index in [0.717, 1.165) is 34.7 Å². The average Bonchev–Trinajstić information content (AvgIpc) is 2.52. The molecule has 0 N–H and O–H groups in total. The van der Waals surface area contributed by atoms with Gasteiger partial charge in [-0.1, -0.05) is 84.2 Å². The predicted molar refractivity (Wildman–Crippen MR) is 85.5 cm³/mol. The Labute approximate surface area is 127 Å². The molecule has 0 aromatic heterocycles. The molecule has 0 aliphatic heterocycles. The lowest BCUT2D eigenvalue weighted by Gasteiger charge is -2.01. The molecule has 2 aromatic carbocycles. The number of rotatable bonds is 4. The van der Waals surface area contributed by atoms with Gasteiger partial charge in [0.2, 0.25) is 0 Å². The quantitative estimate of drug-likeness (QED) is 0.802. The summed E-state index contributed by atoms with van der Waals surface area (Å²) in [5.74, 6) is 1.08. The highest BCUT2D eigenvalue weighted by Crippen LogP contribution is 2.19. The van der Waals surface area contributed by atoms with Crippen molar-refractivity contribution in [3.8, 4) is 0 Å². The zero-order chi connectivity index (χ0) is 14.2. The summed E-state index contributed by atoms with van der Waals surface area (Å²) in [5.41, 5.74) is 2.10. The van der Waals surface area contributed by atoms with Gasteiger partial charge < -0.3 is 0 Å². The van der Waals surface area contributed by atoms with Gasteiger partial charge in [-0.05, 0) is 11.1 Å². The van der Waals surface area contributed by atoms with Gasteiger partial charge in [-0.3, -0.25) is 9.59 Å². The van der Waals surface area contributed by atoms with Crippen LogP contribution in [0.4, 0.5) is 0 Å². The molecule has 0 unspecified atom stereocenters. The molecular formula is C16H14O2S2. The van der Waals surface area contributed by atoms with Gasteiger partial charge in [0.05, 0.1) is 0 Å². The summed E-state index contributed by atoms with van der Waals surface area (Å²) in [6, 6.07) is 19.3. The van der Waals surface area contributed by atoms with Crippen molar-refractivity contribution in [2.75, 3.05) is 0 Å². The highest BCUT2D eigenvalue weighted by Gasteiger charge is 2.15. The van der Waals surface area contributed by atoms with Gasteiger partial charge >= 0.3 is 0 Å². The lowest BCUT2D eigenvalue weighted by atomic mass is 10.2. The van der Waals surface area contributed by atoms with Gasteiger partial charge in [0.1, 0.15) is 0 Å². The van der Waals surface area contributed by atoms with Crippen molar-refractivity contribution in [1.29, 1.82) is 0 Å². The maximum absolute atomic E-state index is 11.7. The third-order valence-electron chi connectivity index (χ3n) is 2.59. The molecule has 0 saturated carbocycles. The second kappa shape index (κ2) is 7.92. The van der Waals surface area contributed by atoms with Crippen molar-refractivity contribution in [3.63, 3.8) is 0 Å². The van der Waals surface area contributed by atoms with Gasteiger partial charge in [0, 0.05) is 11.5 Å². The third kappa shape index (κ3) is 4.87. The first-order chi connectivity index (χ1) is 9.75. The van der Waals surface area contributed by atoms with Crippen molar-refractivity contribution in [3.05, 3.63) is 71.8 Å². The van der Waals surface area contributed by atoms with Crippen LogP contribution < -0.4 is 0 Å². The first-order valence-corrected chi connectivity index (χ1v) is 8.14. The van der Waals surface area contributed by atoms with Crippen LogP contribution in [0.2, 0.25) is 0 Å². The van der Waals surface area contributed by atoms with Crippen LogP contribution in [0.3, 0.4) is 0 Å². The molecule has 0 aliphatic rings. The van der Waals surface area contributed by atoms with E-state index < -0.39 is 0 Å². The van der Waals surface area contributed by atoms with Crippen LogP contribution in [-0.2, 0) is 21.1 Å². The molecule has 0 fully saturated rings. The number of benzene rings is 2. The van der Waals surface area contributed by atoms with Crippen LogP contribution >= 0.6 is 23.5 Å². The van der Waals surface area contributed by atoms with Gasteiger partial charge in [-0.15, -0.1) is 0 Å². The molecule has 2 rings (SSSR count). The van der Waals surface area contributed by atoms with Crippen molar-refractivity contribution in [2.24, 2.45) is 0 Å². The monoisotopic (exact) mass is 302 g/mol. The SMILES string of the molecule is O=C(SCc1ccccc1)C(=O)SCc1ccccc1. The van der Waals surface area contributed by atoms with Crippen molar-refractivity contribution in [2.45, 2.75) is 11.5 Å². The maximum Gasteiger partial charge on any atom is 0.266 e. The van der Waals surface area contributed by atoms with E-state index in [1.807, 2.05) is 60.7 Å². The Morgan fingerprint density at radius 2 is 1.00 bits per heavy atom. The van der Waals surface area contributed by atoms with Crippen LogP contribution in [0.15, 0.2) is 60.7 Å². The third-order valence-corrected chi connectivity index (χ3v) is 4.57. The van der Waals surface area contributed by atoms with Crippen molar-refractivity contribution < 1.29 is 9.59 Å². The number of carbonyl (C=O) groups excluding carboxylic acids is 2. The first kappa shape index (κ1) is 14.9.